The minimum atomic E-state index is 0. The number of rotatable bonds is 2. The zero-order valence-electron chi connectivity index (χ0n) is 17.8. The largest absolute Gasteiger partial charge is 0.304 e. The van der Waals surface area contributed by atoms with Crippen LogP contribution >= 0.6 is 24.0 Å². The first-order valence-electron chi connectivity index (χ1n) is 10.7. The Kier molecular flexibility index (Phi) is 5.46. The van der Waals surface area contributed by atoms with Gasteiger partial charge in [0.15, 0.2) is 0 Å². The quantitative estimate of drug-likeness (QED) is 0.386. The summed E-state index contributed by atoms with van der Waals surface area (Å²) in [6, 6.07) is 15.8. The van der Waals surface area contributed by atoms with E-state index in [1.54, 1.807) is 0 Å². The van der Waals surface area contributed by atoms with Crippen LogP contribution in [0.5, 0.6) is 0 Å². The number of halogens is 2. The molecule has 0 spiro atoms. The maximum atomic E-state index is 13.3. The average Bonchev–Trinajstić information content (AvgIpc) is 3.14. The van der Waals surface area contributed by atoms with Crippen LogP contribution in [0.4, 0.5) is 0 Å². The van der Waals surface area contributed by atoms with Gasteiger partial charge >= 0.3 is 0 Å². The van der Waals surface area contributed by atoms with Crippen molar-refractivity contribution in [3.63, 3.8) is 0 Å². The van der Waals surface area contributed by atoms with Gasteiger partial charge in [-0.05, 0) is 42.3 Å². The van der Waals surface area contributed by atoms with Gasteiger partial charge in [0.2, 0.25) is 0 Å². The predicted molar refractivity (Wildman–Crippen MR) is 133 cm³/mol. The molecule has 2 aromatic carbocycles. The molecule has 2 aliphatic rings. The summed E-state index contributed by atoms with van der Waals surface area (Å²) in [5.74, 6) is 0. The summed E-state index contributed by atoms with van der Waals surface area (Å²) in [6.45, 7) is 5.54. The Labute approximate surface area is 197 Å². The minimum absolute atomic E-state index is 0. The van der Waals surface area contributed by atoms with Crippen LogP contribution in [-0.4, -0.2) is 52.6 Å². The van der Waals surface area contributed by atoms with Crippen LogP contribution in [0.15, 0.2) is 53.3 Å². The summed E-state index contributed by atoms with van der Waals surface area (Å²) in [5, 5.41) is 3.46. The summed E-state index contributed by atoms with van der Waals surface area (Å²) in [5.41, 5.74) is 5.10. The highest BCUT2D eigenvalue weighted by Crippen LogP contribution is 2.39. The molecule has 1 fully saturated rings. The van der Waals surface area contributed by atoms with Crippen LogP contribution in [0.25, 0.3) is 33.1 Å². The van der Waals surface area contributed by atoms with E-state index in [9.17, 15) is 4.79 Å². The molecule has 0 aliphatic carbocycles. The lowest BCUT2D eigenvalue weighted by molar-refractivity contribution is 0.148. The molecule has 7 heteroatoms. The highest BCUT2D eigenvalue weighted by molar-refractivity contribution is 6.35. The molecule has 2 aromatic heterocycles. The van der Waals surface area contributed by atoms with Crippen LogP contribution in [-0.2, 0) is 13.1 Å². The fourth-order valence-electron chi connectivity index (χ4n) is 4.98. The van der Waals surface area contributed by atoms with E-state index < -0.39 is 0 Å². The van der Waals surface area contributed by atoms with E-state index in [-0.39, 0.29) is 18.0 Å². The van der Waals surface area contributed by atoms with E-state index in [0.29, 0.717) is 6.54 Å². The Balaban J connectivity index is 0.00000216. The molecule has 0 N–H and O–H groups in total. The number of hydrogen-bond acceptors (Lipinski definition) is 4. The molecule has 5 nitrogen and oxygen atoms in total. The number of aromatic nitrogens is 2. The zero-order chi connectivity index (χ0) is 21.1. The molecule has 0 radical (unpaired) electrons. The number of fused-ring (bicyclic) bond motifs is 5. The number of likely N-dealkylation sites (N-methyl/N-ethyl adjacent to an activating group) is 1. The van der Waals surface area contributed by atoms with Crippen LogP contribution in [0.3, 0.4) is 0 Å². The molecule has 2 aliphatic heterocycles. The van der Waals surface area contributed by atoms with Gasteiger partial charge in [0.25, 0.3) is 5.56 Å². The highest BCUT2D eigenvalue weighted by atomic mass is 35.5. The molecular formula is C25H24Cl2N4O. The first-order chi connectivity index (χ1) is 15.1. The first-order valence-corrected chi connectivity index (χ1v) is 11.1. The van der Waals surface area contributed by atoms with Crippen LogP contribution < -0.4 is 5.56 Å². The third-order valence-corrected chi connectivity index (χ3v) is 7.05. The second kappa shape index (κ2) is 8.16. The molecule has 4 heterocycles. The van der Waals surface area contributed by atoms with Crippen LogP contribution in [0.1, 0.15) is 11.1 Å². The average molecular weight is 467 g/mol. The number of pyridine rings is 2. The van der Waals surface area contributed by atoms with Gasteiger partial charge in [-0.2, -0.15) is 0 Å². The lowest BCUT2D eigenvalue weighted by Gasteiger charge is -2.33. The molecule has 0 atom stereocenters. The Hall–Kier alpha value is -2.44. The molecule has 164 valence electrons. The minimum Gasteiger partial charge on any atom is -0.304 e. The second-order valence-corrected chi connectivity index (χ2v) is 9.05. The van der Waals surface area contributed by atoms with Crippen molar-refractivity contribution in [2.45, 2.75) is 13.1 Å². The molecule has 0 saturated carbocycles. The number of benzene rings is 2. The molecule has 32 heavy (non-hydrogen) atoms. The van der Waals surface area contributed by atoms with E-state index in [4.69, 9.17) is 16.6 Å². The van der Waals surface area contributed by atoms with Crippen molar-refractivity contribution in [3.8, 4) is 11.4 Å². The monoisotopic (exact) mass is 466 g/mol. The fourth-order valence-corrected chi connectivity index (χ4v) is 5.27. The van der Waals surface area contributed by atoms with E-state index in [1.807, 2.05) is 47.0 Å². The van der Waals surface area contributed by atoms with E-state index in [0.717, 1.165) is 76.4 Å². The third-order valence-electron chi connectivity index (χ3n) is 6.73. The second-order valence-electron chi connectivity index (χ2n) is 8.64. The first kappa shape index (κ1) is 21.4. The van der Waals surface area contributed by atoms with Gasteiger partial charge in [0.1, 0.15) is 0 Å². The van der Waals surface area contributed by atoms with Crippen molar-refractivity contribution in [1.29, 1.82) is 0 Å². The number of nitrogens with zero attached hydrogens (tertiary/aromatic N) is 4. The van der Waals surface area contributed by atoms with Gasteiger partial charge in [-0.25, -0.2) is 4.98 Å². The number of piperazine rings is 1. The van der Waals surface area contributed by atoms with Gasteiger partial charge in [-0.15, -0.1) is 12.4 Å². The molecule has 0 bridgehead atoms. The summed E-state index contributed by atoms with van der Waals surface area (Å²) in [4.78, 5) is 23.1. The Morgan fingerprint density at radius 2 is 1.81 bits per heavy atom. The maximum absolute atomic E-state index is 13.3. The SMILES string of the molecule is CN1CCN(Cc2c3c(nc4cccc(Cl)c24)-c2cc4ccccc4c(=O)n2C3)CC1.Cl. The smallest absolute Gasteiger partial charge is 0.259 e. The summed E-state index contributed by atoms with van der Waals surface area (Å²) < 4.78 is 1.88. The van der Waals surface area contributed by atoms with E-state index in [1.165, 1.54) is 5.56 Å². The molecule has 6 rings (SSSR count). The zero-order valence-corrected chi connectivity index (χ0v) is 19.4. The predicted octanol–water partition coefficient (Wildman–Crippen LogP) is 4.40. The van der Waals surface area contributed by atoms with Crippen LogP contribution in [0.2, 0.25) is 5.02 Å². The lowest BCUT2D eigenvalue weighted by atomic mass is 9.99. The summed E-state index contributed by atoms with van der Waals surface area (Å²) in [7, 11) is 2.17. The van der Waals surface area contributed by atoms with Crippen molar-refractivity contribution in [3.05, 3.63) is 75.0 Å². The third kappa shape index (κ3) is 3.32. The van der Waals surface area contributed by atoms with Gasteiger partial charge in [0, 0.05) is 49.1 Å². The van der Waals surface area contributed by atoms with Gasteiger partial charge in [-0.3, -0.25) is 9.69 Å². The number of hydrogen-bond donors (Lipinski definition) is 0. The summed E-state index contributed by atoms with van der Waals surface area (Å²) >= 11 is 6.70. The van der Waals surface area contributed by atoms with Gasteiger partial charge < -0.3 is 9.47 Å². The van der Waals surface area contributed by atoms with Crippen LogP contribution in [0, 0.1) is 0 Å². The van der Waals surface area contributed by atoms with Crippen molar-refractivity contribution >= 4 is 45.7 Å². The fraction of sp³-hybridized carbons (Fsp3) is 0.280. The maximum Gasteiger partial charge on any atom is 0.259 e. The Bertz CT molecular complexity index is 1410. The van der Waals surface area contributed by atoms with Crippen molar-refractivity contribution < 1.29 is 0 Å². The molecule has 0 amide bonds. The van der Waals surface area contributed by atoms with Crippen molar-refractivity contribution in [1.82, 2.24) is 19.4 Å². The Morgan fingerprint density at radius 1 is 1.03 bits per heavy atom. The standard InChI is InChI=1S/C25H23ClN4O.ClH/c1-28-9-11-29(12-10-28)14-18-19-15-30-22(13-16-5-2-3-6-17(16)25(30)31)24(19)27-21-8-4-7-20(26)23(18)21;/h2-8,13H,9-12,14-15H2,1H3;1H. The topological polar surface area (TPSA) is 41.4 Å². The normalized spacial score (nSPS) is 16.2. The summed E-state index contributed by atoms with van der Waals surface area (Å²) in [6.07, 6.45) is 0. The van der Waals surface area contributed by atoms with Crippen molar-refractivity contribution in [2.75, 3.05) is 33.2 Å². The van der Waals surface area contributed by atoms with Gasteiger partial charge in [-0.1, -0.05) is 35.9 Å². The lowest BCUT2D eigenvalue weighted by Crippen LogP contribution is -2.44. The van der Waals surface area contributed by atoms with E-state index in [2.05, 4.69) is 22.9 Å². The molecule has 1 saturated heterocycles. The molecular weight excluding hydrogens is 443 g/mol. The van der Waals surface area contributed by atoms with Crippen molar-refractivity contribution in [2.24, 2.45) is 0 Å². The van der Waals surface area contributed by atoms with Gasteiger partial charge in [0.05, 0.1) is 28.5 Å². The molecule has 4 aromatic rings. The highest BCUT2D eigenvalue weighted by Gasteiger charge is 2.28. The van der Waals surface area contributed by atoms with E-state index >= 15 is 0 Å². The Morgan fingerprint density at radius 3 is 2.62 bits per heavy atom. The molecule has 0 unspecified atom stereocenters.